The fourth-order valence-corrected chi connectivity index (χ4v) is 7.09. The van der Waals surface area contributed by atoms with Gasteiger partial charge in [0.15, 0.2) is 0 Å². The summed E-state index contributed by atoms with van der Waals surface area (Å²) in [4.78, 5) is 27.1. The highest BCUT2D eigenvalue weighted by Crippen LogP contribution is 2.49. The highest BCUT2D eigenvalue weighted by atomic mass is 32.2. The Kier molecular flexibility index (Phi) is 7.62. The van der Waals surface area contributed by atoms with Crippen LogP contribution in [0.1, 0.15) is 50.4 Å². The van der Waals surface area contributed by atoms with Gasteiger partial charge in [0.05, 0.1) is 25.7 Å². The Hall–Kier alpha value is -2.78. The Bertz CT molecular complexity index is 1230. The molecule has 5 rings (SSSR count). The molecular formula is C28H31NO6S2. The molecule has 3 aliphatic rings. The SMILES string of the molecule is COc1cc(OC)cc(-c2cc(CCCOC(C)=O)c(C=C3SC(=S)N(C4CC5CCC4C5)C3=O)o2)c1. The van der Waals surface area contributed by atoms with E-state index in [0.717, 1.165) is 23.5 Å². The van der Waals surface area contributed by atoms with Crippen molar-refractivity contribution in [2.45, 2.75) is 51.5 Å². The van der Waals surface area contributed by atoms with E-state index in [1.54, 1.807) is 20.3 Å². The summed E-state index contributed by atoms with van der Waals surface area (Å²) in [5, 5.41) is 0. The summed E-state index contributed by atoms with van der Waals surface area (Å²) in [6, 6.07) is 7.74. The van der Waals surface area contributed by atoms with Crippen molar-refractivity contribution < 1.29 is 28.2 Å². The molecule has 3 atom stereocenters. The summed E-state index contributed by atoms with van der Waals surface area (Å²) in [5.74, 6) is 3.48. The molecule has 0 radical (unpaired) electrons. The van der Waals surface area contributed by atoms with E-state index < -0.39 is 0 Å². The van der Waals surface area contributed by atoms with E-state index in [9.17, 15) is 9.59 Å². The van der Waals surface area contributed by atoms with Crippen LogP contribution in [0.25, 0.3) is 17.4 Å². The van der Waals surface area contributed by atoms with Crippen molar-refractivity contribution in [2.24, 2.45) is 11.8 Å². The number of aryl methyl sites for hydroxylation is 1. The second-order valence-corrected chi connectivity index (χ2v) is 11.5. The number of carbonyl (C=O) groups is 2. The number of amides is 1. The number of fused-ring (bicyclic) bond motifs is 2. The minimum absolute atomic E-state index is 0.0283. The van der Waals surface area contributed by atoms with Crippen LogP contribution in [0, 0.1) is 11.8 Å². The predicted octanol–water partition coefficient (Wildman–Crippen LogP) is 5.85. The first kappa shape index (κ1) is 25.9. The van der Waals surface area contributed by atoms with Gasteiger partial charge in [0.1, 0.15) is 27.3 Å². The lowest BCUT2D eigenvalue weighted by atomic mass is 9.94. The maximum Gasteiger partial charge on any atom is 0.302 e. The zero-order chi connectivity index (χ0) is 26.1. The Morgan fingerprint density at radius 2 is 1.92 bits per heavy atom. The van der Waals surface area contributed by atoms with Gasteiger partial charge in [0.2, 0.25) is 0 Å². The number of carbonyl (C=O) groups excluding carboxylic acids is 2. The summed E-state index contributed by atoms with van der Waals surface area (Å²) in [5.41, 5.74) is 1.72. The normalized spacial score (nSPS) is 23.8. The van der Waals surface area contributed by atoms with Gasteiger partial charge in [-0.1, -0.05) is 30.4 Å². The van der Waals surface area contributed by atoms with Crippen molar-refractivity contribution in [3.05, 3.63) is 40.5 Å². The summed E-state index contributed by atoms with van der Waals surface area (Å²) in [6.07, 6.45) is 7.78. The molecule has 0 N–H and O–H groups in total. The van der Waals surface area contributed by atoms with Crippen LogP contribution in [0.3, 0.4) is 0 Å². The van der Waals surface area contributed by atoms with Crippen molar-refractivity contribution in [1.82, 2.24) is 4.90 Å². The standard InChI is InChI=1S/C28H31NO6S2/c1-16(30)34-8-4-5-19-13-24(20-11-21(32-2)14-22(12-20)33-3)35-25(19)15-26-27(31)29(28(36)37-26)23-10-17-6-7-18(23)9-17/h11-15,17-18,23H,4-10H2,1-3H3. The van der Waals surface area contributed by atoms with Crippen molar-refractivity contribution in [3.8, 4) is 22.8 Å². The smallest absolute Gasteiger partial charge is 0.302 e. The zero-order valence-electron chi connectivity index (χ0n) is 21.3. The molecule has 3 fully saturated rings. The molecule has 2 bridgehead atoms. The maximum atomic E-state index is 13.5. The lowest BCUT2D eigenvalue weighted by molar-refractivity contribution is -0.141. The van der Waals surface area contributed by atoms with E-state index in [4.69, 9.17) is 30.8 Å². The van der Waals surface area contributed by atoms with Gasteiger partial charge >= 0.3 is 5.97 Å². The molecule has 196 valence electrons. The summed E-state index contributed by atoms with van der Waals surface area (Å²) >= 11 is 7.01. The van der Waals surface area contributed by atoms with Crippen LogP contribution in [0.15, 0.2) is 33.6 Å². The van der Waals surface area contributed by atoms with E-state index in [2.05, 4.69) is 0 Å². The minimum Gasteiger partial charge on any atom is -0.497 e. The molecule has 37 heavy (non-hydrogen) atoms. The molecule has 1 aliphatic heterocycles. The van der Waals surface area contributed by atoms with Crippen LogP contribution in [0.5, 0.6) is 11.5 Å². The average molecular weight is 542 g/mol. The minimum atomic E-state index is -0.305. The Labute approximate surface area is 226 Å². The highest BCUT2D eigenvalue weighted by molar-refractivity contribution is 8.26. The molecule has 1 saturated heterocycles. The van der Waals surface area contributed by atoms with Gasteiger partial charge in [0, 0.05) is 30.7 Å². The number of methoxy groups -OCH3 is 2. The van der Waals surface area contributed by atoms with E-state index in [1.807, 2.05) is 29.2 Å². The molecule has 7 nitrogen and oxygen atoms in total. The number of rotatable bonds is 9. The number of thiocarbonyl (C=S) groups is 1. The number of hydrogen-bond donors (Lipinski definition) is 0. The fourth-order valence-electron chi connectivity index (χ4n) is 5.74. The number of thioether (sulfide) groups is 1. The van der Waals surface area contributed by atoms with E-state index in [1.165, 1.54) is 37.9 Å². The van der Waals surface area contributed by atoms with Gasteiger partial charge in [-0.05, 0) is 67.7 Å². The Morgan fingerprint density at radius 1 is 1.16 bits per heavy atom. The van der Waals surface area contributed by atoms with Crippen LogP contribution < -0.4 is 9.47 Å². The van der Waals surface area contributed by atoms with Gasteiger partial charge in [-0.15, -0.1) is 0 Å². The van der Waals surface area contributed by atoms with Crippen LogP contribution in [0.2, 0.25) is 0 Å². The molecule has 1 amide bonds. The Balaban J connectivity index is 1.44. The first-order valence-corrected chi connectivity index (χ1v) is 13.8. The molecule has 0 spiro atoms. The molecule has 3 unspecified atom stereocenters. The van der Waals surface area contributed by atoms with Crippen LogP contribution in [-0.4, -0.2) is 48.0 Å². The van der Waals surface area contributed by atoms with Crippen molar-refractivity contribution >= 4 is 46.3 Å². The zero-order valence-corrected chi connectivity index (χ0v) is 22.9. The number of esters is 1. The van der Waals surface area contributed by atoms with Crippen LogP contribution in [-0.2, 0) is 20.7 Å². The third kappa shape index (κ3) is 5.43. The number of benzene rings is 1. The first-order chi connectivity index (χ1) is 17.9. The molecule has 1 aromatic heterocycles. The van der Waals surface area contributed by atoms with Crippen molar-refractivity contribution in [1.29, 1.82) is 0 Å². The Morgan fingerprint density at radius 3 is 2.54 bits per heavy atom. The monoisotopic (exact) mass is 541 g/mol. The van der Waals surface area contributed by atoms with E-state index >= 15 is 0 Å². The summed E-state index contributed by atoms with van der Waals surface area (Å²) < 4.78 is 22.9. The van der Waals surface area contributed by atoms with Crippen molar-refractivity contribution in [2.75, 3.05) is 20.8 Å². The van der Waals surface area contributed by atoms with Gasteiger partial charge in [0.25, 0.3) is 5.91 Å². The van der Waals surface area contributed by atoms with E-state index in [-0.39, 0.29) is 17.9 Å². The number of hydrogen-bond acceptors (Lipinski definition) is 8. The molecule has 2 aromatic rings. The number of ether oxygens (including phenoxy) is 3. The van der Waals surface area contributed by atoms with Gasteiger partial charge < -0.3 is 18.6 Å². The number of furan rings is 1. The van der Waals surface area contributed by atoms with Crippen molar-refractivity contribution in [3.63, 3.8) is 0 Å². The first-order valence-electron chi connectivity index (χ1n) is 12.6. The average Bonchev–Trinajstić information content (AvgIpc) is 3.66. The quantitative estimate of drug-likeness (QED) is 0.169. The molecular weight excluding hydrogens is 510 g/mol. The summed E-state index contributed by atoms with van der Waals surface area (Å²) in [7, 11) is 3.20. The topological polar surface area (TPSA) is 78.2 Å². The summed E-state index contributed by atoms with van der Waals surface area (Å²) in [6.45, 7) is 1.71. The van der Waals surface area contributed by atoms with Gasteiger partial charge in [-0.2, -0.15) is 0 Å². The second-order valence-electron chi connectivity index (χ2n) is 9.84. The molecule has 9 heteroatoms. The second kappa shape index (κ2) is 10.9. The lowest BCUT2D eigenvalue weighted by Gasteiger charge is -2.30. The van der Waals surface area contributed by atoms with Crippen LogP contribution in [0.4, 0.5) is 0 Å². The fraction of sp³-hybridized carbons (Fsp3) is 0.464. The number of nitrogens with zero attached hydrogens (tertiary/aromatic N) is 1. The molecule has 1 aromatic carbocycles. The maximum absolute atomic E-state index is 13.5. The third-order valence-corrected chi connectivity index (χ3v) is 8.82. The highest BCUT2D eigenvalue weighted by Gasteiger charge is 2.48. The lowest BCUT2D eigenvalue weighted by Crippen LogP contribution is -2.41. The molecule has 2 aliphatic carbocycles. The predicted molar refractivity (Wildman–Crippen MR) is 146 cm³/mol. The third-order valence-electron chi connectivity index (χ3n) is 7.49. The molecule has 2 saturated carbocycles. The van der Waals surface area contributed by atoms with Crippen LogP contribution >= 0.6 is 24.0 Å². The molecule has 2 heterocycles. The van der Waals surface area contributed by atoms with E-state index in [0.29, 0.717) is 57.6 Å². The van der Waals surface area contributed by atoms with Gasteiger partial charge in [-0.25, -0.2) is 0 Å². The van der Waals surface area contributed by atoms with Gasteiger partial charge in [-0.3, -0.25) is 14.5 Å². The largest absolute Gasteiger partial charge is 0.497 e.